The number of carbonyl (C=O) groups excluding carboxylic acids is 1. The molecule has 2 heterocycles. The van der Waals surface area contributed by atoms with Gasteiger partial charge in [-0.2, -0.15) is 5.10 Å². The van der Waals surface area contributed by atoms with Gasteiger partial charge >= 0.3 is 0 Å². The molecule has 29 heavy (non-hydrogen) atoms. The Morgan fingerprint density at radius 2 is 1.83 bits per heavy atom. The summed E-state index contributed by atoms with van der Waals surface area (Å²) in [5.74, 6) is 0.553. The van der Waals surface area contributed by atoms with Crippen LogP contribution in [0.25, 0.3) is 0 Å². The van der Waals surface area contributed by atoms with Gasteiger partial charge in [0.05, 0.1) is 11.8 Å². The minimum absolute atomic E-state index is 0.0999. The molecule has 6 heteroatoms. The number of rotatable bonds is 3. The molecule has 0 aliphatic carbocycles. The third-order valence-electron chi connectivity index (χ3n) is 5.21. The summed E-state index contributed by atoms with van der Waals surface area (Å²) >= 11 is 9.66. The molecule has 0 aromatic heterocycles. The normalized spacial score (nSPS) is 19.8. The first-order valence-electron chi connectivity index (χ1n) is 9.27. The van der Waals surface area contributed by atoms with E-state index in [-0.39, 0.29) is 11.8 Å². The lowest BCUT2D eigenvalue weighted by Crippen LogP contribution is -2.45. The number of Topliss-reactive ketones (excluding diaryl/α,β-unsaturated/α-hetero) is 1. The molecule has 0 saturated heterocycles. The van der Waals surface area contributed by atoms with Gasteiger partial charge in [0.2, 0.25) is 5.78 Å². The van der Waals surface area contributed by atoms with Crippen LogP contribution in [0.15, 0.2) is 82.4 Å². The van der Waals surface area contributed by atoms with E-state index in [9.17, 15) is 4.79 Å². The molecule has 5 rings (SSSR count). The molecule has 144 valence electrons. The van der Waals surface area contributed by atoms with Crippen molar-refractivity contribution in [3.63, 3.8) is 0 Å². The van der Waals surface area contributed by atoms with E-state index in [1.54, 1.807) is 23.2 Å². The van der Waals surface area contributed by atoms with Gasteiger partial charge < -0.3 is 4.74 Å². The Morgan fingerprint density at radius 1 is 1.07 bits per heavy atom. The Kier molecular flexibility index (Phi) is 4.64. The summed E-state index contributed by atoms with van der Waals surface area (Å²) in [4.78, 5) is 13.3. The Balaban J connectivity index is 1.57. The predicted octanol–water partition coefficient (Wildman–Crippen LogP) is 5.86. The molecule has 0 radical (unpaired) electrons. The first-order valence-corrected chi connectivity index (χ1v) is 10.4. The van der Waals surface area contributed by atoms with Gasteiger partial charge in [-0.05, 0) is 35.9 Å². The lowest BCUT2D eigenvalue weighted by molar-refractivity contribution is -0.00455. The van der Waals surface area contributed by atoms with Crippen molar-refractivity contribution in [3.05, 3.63) is 99.0 Å². The summed E-state index contributed by atoms with van der Waals surface area (Å²) in [6.45, 7) is 0. The van der Waals surface area contributed by atoms with Crippen LogP contribution >= 0.6 is 27.5 Å². The van der Waals surface area contributed by atoms with E-state index in [1.165, 1.54) is 0 Å². The zero-order valence-corrected chi connectivity index (χ0v) is 17.6. The van der Waals surface area contributed by atoms with E-state index >= 15 is 0 Å². The van der Waals surface area contributed by atoms with Crippen molar-refractivity contribution in [2.45, 2.75) is 18.7 Å². The number of carbonyl (C=O) groups is 1. The average Bonchev–Trinajstić information content (AvgIpc) is 3.20. The monoisotopic (exact) mass is 466 g/mol. The number of benzene rings is 3. The largest absolute Gasteiger partial charge is 0.461 e. The van der Waals surface area contributed by atoms with Crippen LogP contribution in [-0.4, -0.2) is 22.7 Å². The highest BCUT2D eigenvalue weighted by Crippen LogP contribution is 2.44. The van der Waals surface area contributed by atoms with Crippen molar-refractivity contribution < 1.29 is 9.53 Å². The minimum Gasteiger partial charge on any atom is -0.461 e. The zero-order chi connectivity index (χ0) is 20.0. The Morgan fingerprint density at radius 3 is 2.59 bits per heavy atom. The Bertz CT molecular complexity index is 1120. The SMILES string of the molecule is O=C(c1ccc(Br)cc1)C1Oc2ccc(Cl)cc2C2CC(c3ccccc3)=NN12. The van der Waals surface area contributed by atoms with Crippen LogP contribution < -0.4 is 4.74 Å². The summed E-state index contributed by atoms with van der Waals surface area (Å²) in [6, 6.07) is 22.7. The van der Waals surface area contributed by atoms with E-state index in [0.717, 1.165) is 21.3 Å². The van der Waals surface area contributed by atoms with E-state index in [0.29, 0.717) is 22.8 Å². The van der Waals surface area contributed by atoms with E-state index < -0.39 is 6.23 Å². The quantitative estimate of drug-likeness (QED) is 0.453. The highest BCUT2D eigenvalue weighted by atomic mass is 79.9. The maximum atomic E-state index is 13.3. The fraction of sp³-hybridized carbons (Fsp3) is 0.130. The average molecular weight is 468 g/mol. The molecule has 0 saturated carbocycles. The lowest BCUT2D eigenvalue weighted by Gasteiger charge is -2.37. The second kappa shape index (κ2) is 7.32. The molecule has 3 aromatic rings. The summed E-state index contributed by atoms with van der Waals surface area (Å²) in [5.41, 5.74) is 3.51. The molecular formula is C23H16BrClN2O2. The van der Waals surface area contributed by atoms with Gasteiger partial charge in [-0.3, -0.25) is 4.79 Å². The number of fused-ring (bicyclic) bond motifs is 3. The van der Waals surface area contributed by atoms with Gasteiger partial charge in [0.25, 0.3) is 6.23 Å². The molecule has 0 amide bonds. The number of halogens is 2. The molecule has 4 nitrogen and oxygen atoms in total. The molecule has 0 spiro atoms. The van der Waals surface area contributed by atoms with Crippen LogP contribution in [0.5, 0.6) is 5.75 Å². The molecule has 2 unspecified atom stereocenters. The summed E-state index contributed by atoms with van der Waals surface area (Å²) in [6.07, 6.45) is -0.138. The number of hydrogen-bond donors (Lipinski definition) is 0. The highest BCUT2D eigenvalue weighted by Gasteiger charge is 2.43. The molecule has 2 atom stereocenters. The third kappa shape index (κ3) is 3.34. The van der Waals surface area contributed by atoms with Gasteiger partial charge in [-0.25, -0.2) is 5.01 Å². The van der Waals surface area contributed by atoms with Crippen molar-refractivity contribution in [3.8, 4) is 5.75 Å². The van der Waals surface area contributed by atoms with E-state index in [1.807, 2.05) is 54.6 Å². The number of hydrazone groups is 1. The molecule has 0 bridgehead atoms. The van der Waals surface area contributed by atoms with E-state index in [2.05, 4.69) is 15.9 Å². The lowest BCUT2D eigenvalue weighted by atomic mass is 9.96. The van der Waals surface area contributed by atoms with Crippen LogP contribution in [0, 0.1) is 0 Å². The molecule has 0 fully saturated rings. The molecule has 2 aliphatic heterocycles. The number of hydrogen-bond acceptors (Lipinski definition) is 4. The number of ether oxygens (including phenoxy) is 1. The van der Waals surface area contributed by atoms with Crippen LogP contribution in [0.3, 0.4) is 0 Å². The van der Waals surface area contributed by atoms with Crippen LogP contribution in [0.4, 0.5) is 0 Å². The molecule has 0 N–H and O–H groups in total. The second-order valence-corrected chi connectivity index (χ2v) is 8.39. The smallest absolute Gasteiger partial charge is 0.251 e. The Hall–Kier alpha value is -2.63. The zero-order valence-electron chi connectivity index (χ0n) is 15.3. The Labute approximate surface area is 181 Å². The van der Waals surface area contributed by atoms with Gasteiger partial charge in [-0.15, -0.1) is 0 Å². The van der Waals surface area contributed by atoms with Gasteiger partial charge in [-0.1, -0.05) is 70.0 Å². The topological polar surface area (TPSA) is 41.9 Å². The van der Waals surface area contributed by atoms with Crippen LogP contribution in [0.2, 0.25) is 5.02 Å². The van der Waals surface area contributed by atoms with Gasteiger partial charge in [0, 0.05) is 27.0 Å². The van der Waals surface area contributed by atoms with Gasteiger partial charge in [0.15, 0.2) is 0 Å². The molecule has 2 aliphatic rings. The summed E-state index contributed by atoms with van der Waals surface area (Å²) in [7, 11) is 0. The van der Waals surface area contributed by atoms with Crippen molar-refractivity contribution in [2.75, 3.05) is 0 Å². The van der Waals surface area contributed by atoms with E-state index in [4.69, 9.17) is 21.4 Å². The van der Waals surface area contributed by atoms with Crippen molar-refractivity contribution >= 4 is 39.0 Å². The van der Waals surface area contributed by atoms with Crippen LogP contribution in [-0.2, 0) is 0 Å². The fourth-order valence-electron chi connectivity index (χ4n) is 3.79. The second-order valence-electron chi connectivity index (χ2n) is 7.04. The van der Waals surface area contributed by atoms with Crippen LogP contribution in [0.1, 0.15) is 33.9 Å². The summed E-state index contributed by atoms with van der Waals surface area (Å²) in [5, 5.41) is 7.23. The molecular weight excluding hydrogens is 452 g/mol. The number of nitrogens with zero attached hydrogens (tertiary/aromatic N) is 2. The van der Waals surface area contributed by atoms with Crippen molar-refractivity contribution in [2.24, 2.45) is 5.10 Å². The maximum Gasteiger partial charge on any atom is 0.251 e. The highest BCUT2D eigenvalue weighted by molar-refractivity contribution is 9.10. The third-order valence-corrected chi connectivity index (χ3v) is 5.98. The first kappa shape index (κ1) is 18.4. The number of ketones is 1. The van der Waals surface area contributed by atoms with Crippen molar-refractivity contribution in [1.82, 2.24) is 5.01 Å². The van der Waals surface area contributed by atoms with Gasteiger partial charge in [0.1, 0.15) is 5.75 Å². The standard InChI is InChI=1S/C23H16BrClN2O2/c24-16-8-6-15(7-9-16)22(28)23-27-20(18-12-17(25)10-11-21(18)29-23)13-19(26-27)14-4-2-1-3-5-14/h1-12,20,23H,13H2. The first-order chi connectivity index (χ1) is 14.1. The van der Waals surface area contributed by atoms with Crippen molar-refractivity contribution in [1.29, 1.82) is 0 Å². The fourth-order valence-corrected chi connectivity index (χ4v) is 4.24. The summed E-state index contributed by atoms with van der Waals surface area (Å²) < 4.78 is 7.05. The predicted molar refractivity (Wildman–Crippen MR) is 117 cm³/mol. The minimum atomic E-state index is -0.823. The maximum absolute atomic E-state index is 13.3. The molecule has 3 aromatic carbocycles.